The van der Waals surface area contributed by atoms with E-state index >= 15 is 0 Å². The smallest absolute Gasteiger partial charge is 0.339 e. The number of nitrogens with zero attached hydrogens (tertiary/aromatic N) is 1. The van der Waals surface area contributed by atoms with Crippen LogP contribution in [-0.4, -0.2) is 48.4 Å². The largest absolute Gasteiger partial charge is 0.491 e. The third kappa shape index (κ3) is 10.3. The van der Waals surface area contributed by atoms with Crippen molar-refractivity contribution < 1.29 is 23.8 Å². The van der Waals surface area contributed by atoms with E-state index in [4.69, 9.17) is 14.2 Å². The number of hydrogen-bond acceptors (Lipinski definition) is 7. The van der Waals surface area contributed by atoms with Gasteiger partial charge in [0, 0.05) is 0 Å². The van der Waals surface area contributed by atoms with Gasteiger partial charge in [-0.05, 0) is 72.2 Å². The number of carbonyl (C=O) groups is 2. The van der Waals surface area contributed by atoms with Gasteiger partial charge in [-0.1, -0.05) is 88.4 Å². The summed E-state index contributed by atoms with van der Waals surface area (Å²) in [6.07, 6.45) is 2.05. The second-order valence-electron chi connectivity index (χ2n) is 12.2. The normalized spacial score (nSPS) is 11.8. The number of esters is 1. The second kappa shape index (κ2) is 19.5. The quantitative estimate of drug-likeness (QED) is 0.0803. The molecule has 0 spiro atoms. The van der Waals surface area contributed by atoms with Crippen LogP contribution >= 0.6 is 0 Å². The molecule has 0 fully saturated rings. The number of nitrogens with one attached hydrogen (secondary N) is 3. The van der Waals surface area contributed by atoms with Crippen LogP contribution in [0.15, 0.2) is 107 Å². The van der Waals surface area contributed by atoms with Gasteiger partial charge in [-0.3, -0.25) is 9.36 Å². The topological polar surface area (TPSA) is 141 Å². The number of benzene rings is 4. The molecule has 0 radical (unpaired) electrons. The molecule has 0 saturated heterocycles. The minimum atomic E-state index is -0.504. The fraction of sp³-hybridized carbons (Fsp3) is 0.317. The number of hydrogen-bond donors (Lipinski definition) is 3. The number of H-pyrrole nitrogens is 1. The predicted octanol–water partition coefficient (Wildman–Crippen LogP) is 7.47. The first-order chi connectivity index (χ1) is 25.2. The number of ether oxygens (including phenoxy) is 3. The Kier molecular flexibility index (Phi) is 14.6. The van der Waals surface area contributed by atoms with E-state index in [1.165, 1.54) is 11.7 Å². The van der Waals surface area contributed by atoms with E-state index in [1.807, 2.05) is 36.4 Å². The first kappa shape index (κ1) is 39.0. The summed E-state index contributed by atoms with van der Waals surface area (Å²) in [5.41, 5.74) is 2.84. The minimum Gasteiger partial charge on any atom is -0.491 e. The molecular formula is C41H48N4O7. The molecule has 4 aromatic carbocycles. The lowest BCUT2D eigenvalue weighted by atomic mass is 9.98. The number of amides is 2. The van der Waals surface area contributed by atoms with Crippen molar-refractivity contribution in [1.29, 1.82) is 0 Å². The summed E-state index contributed by atoms with van der Waals surface area (Å²) < 4.78 is 17.6. The van der Waals surface area contributed by atoms with Crippen LogP contribution < -0.4 is 31.4 Å². The van der Waals surface area contributed by atoms with Crippen molar-refractivity contribution in [3.05, 3.63) is 135 Å². The van der Waals surface area contributed by atoms with Crippen LogP contribution in [-0.2, 0) is 11.3 Å². The number of urea groups is 1. The zero-order valence-corrected chi connectivity index (χ0v) is 30.4. The molecule has 1 heterocycles. The summed E-state index contributed by atoms with van der Waals surface area (Å²) in [4.78, 5) is 51.2. The van der Waals surface area contributed by atoms with E-state index in [9.17, 15) is 19.2 Å². The van der Waals surface area contributed by atoms with Crippen molar-refractivity contribution in [2.75, 3.05) is 32.2 Å². The summed E-state index contributed by atoms with van der Waals surface area (Å²) in [7, 11) is 1.30. The Balaban J connectivity index is 0.000000233. The molecule has 0 saturated carbocycles. The molecule has 3 N–H and O–H groups in total. The molecule has 0 bridgehead atoms. The molecule has 0 aliphatic rings. The lowest BCUT2D eigenvalue weighted by Gasteiger charge is -2.16. The van der Waals surface area contributed by atoms with Gasteiger partial charge in [0.1, 0.15) is 24.7 Å². The number of rotatable bonds is 14. The zero-order valence-electron chi connectivity index (χ0n) is 30.4. The fourth-order valence-corrected chi connectivity index (χ4v) is 5.50. The molecular weight excluding hydrogens is 660 g/mol. The van der Waals surface area contributed by atoms with Crippen LogP contribution in [0, 0.1) is 0 Å². The Morgan fingerprint density at radius 3 is 1.94 bits per heavy atom. The third-order valence-electron chi connectivity index (χ3n) is 8.81. The Morgan fingerprint density at radius 1 is 0.750 bits per heavy atom. The highest BCUT2D eigenvalue weighted by atomic mass is 16.5. The van der Waals surface area contributed by atoms with E-state index in [1.54, 1.807) is 48.5 Å². The monoisotopic (exact) mass is 708 g/mol. The Labute approximate surface area is 304 Å². The second-order valence-corrected chi connectivity index (χ2v) is 12.2. The number of para-hydroxylation sites is 4. The SMILES string of the molecule is CCC(C)c1ccccc1OCCNC(=O)Nc1ccccc1C(=O)OC.CCC(C)c1ccccc1OCCn1c(=O)[nH]c2ccccc2c1=O. The number of anilines is 1. The van der Waals surface area contributed by atoms with Crippen LogP contribution in [0.25, 0.3) is 10.9 Å². The number of fused-ring (bicyclic) bond motifs is 1. The molecule has 1 aromatic heterocycles. The average Bonchev–Trinajstić information content (AvgIpc) is 3.17. The minimum absolute atomic E-state index is 0.202. The van der Waals surface area contributed by atoms with E-state index in [-0.39, 0.29) is 18.7 Å². The summed E-state index contributed by atoms with van der Waals surface area (Å²) >= 11 is 0. The molecule has 52 heavy (non-hydrogen) atoms. The molecule has 274 valence electrons. The van der Waals surface area contributed by atoms with Crippen LogP contribution in [0.5, 0.6) is 11.5 Å². The van der Waals surface area contributed by atoms with Crippen LogP contribution in [0.3, 0.4) is 0 Å². The van der Waals surface area contributed by atoms with Crippen molar-refractivity contribution >= 4 is 28.6 Å². The predicted molar refractivity (Wildman–Crippen MR) is 205 cm³/mol. The average molecular weight is 709 g/mol. The van der Waals surface area contributed by atoms with Gasteiger partial charge in [0.05, 0.1) is 42.4 Å². The fourth-order valence-electron chi connectivity index (χ4n) is 5.50. The van der Waals surface area contributed by atoms with Gasteiger partial charge in [0.15, 0.2) is 0 Å². The Bertz CT molecular complexity index is 2060. The lowest BCUT2D eigenvalue weighted by Crippen LogP contribution is -2.36. The molecule has 5 rings (SSSR count). The summed E-state index contributed by atoms with van der Waals surface area (Å²) in [5, 5.41) is 5.88. The Hall–Kier alpha value is -5.84. The van der Waals surface area contributed by atoms with Gasteiger partial charge in [-0.25, -0.2) is 14.4 Å². The summed E-state index contributed by atoms with van der Waals surface area (Å²) in [5.74, 6) is 1.94. The molecule has 2 unspecified atom stereocenters. The number of carbonyl (C=O) groups excluding carboxylic acids is 2. The van der Waals surface area contributed by atoms with Crippen LogP contribution in [0.1, 0.15) is 73.9 Å². The van der Waals surface area contributed by atoms with Gasteiger partial charge in [0.25, 0.3) is 5.56 Å². The summed E-state index contributed by atoms with van der Waals surface area (Å²) in [6.45, 7) is 9.73. The van der Waals surface area contributed by atoms with Gasteiger partial charge in [-0.2, -0.15) is 0 Å². The van der Waals surface area contributed by atoms with E-state index in [2.05, 4.69) is 55.4 Å². The highest BCUT2D eigenvalue weighted by molar-refractivity contribution is 6.00. The van der Waals surface area contributed by atoms with Gasteiger partial charge in [0.2, 0.25) is 0 Å². The first-order valence-corrected chi connectivity index (χ1v) is 17.6. The number of methoxy groups -OCH3 is 1. The van der Waals surface area contributed by atoms with Crippen molar-refractivity contribution in [1.82, 2.24) is 14.9 Å². The third-order valence-corrected chi connectivity index (χ3v) is 8.81. The van der Waals surface area contributed by atoms with Crippen LogP contribution in [0.2, 0.25) is 0 Å². The lowest BCUT2D eigenvalue weighted by molar-refractivity contribution is 0.0602. The maximum atomic E-state index is 12.5. The molecule has 0 aliphatic heterocycles. The van der Waals surface area contributed by atoms with Crippen molar-refractivity contribution in [2.24, 2.45) is 0 Å². The van der Waals surface area contributed by atoms with E-state index in [0.29, 0.717) is 47.1 Å². The molecule has 2 atom stereocenters. The highest BCUT2D eigenvalue weighted by Gasteiger charge is 2.14. The van der Waals surface area contributed by atoms with Gasteiger partial charge in [-0.15, -0.1) is 0 Å². The van der Waals surface area contributed by atoms with Gasteiger partial charge < -0.3 is 29.8 Å². The zero-order chi connectivity index (χ0) is 37.5. The summed E-state index contributed by atoms with van der Waals surface area (Å²) in [6, 6.07) is 29.1. The van der Waals surface area contributed by atoms with E-state index < -0.39 is 17.7 Å². The first-order valence-electron chi connectivity index (χ1n) is 17.6. The number of aromatic amines is 1. The van der Waals surface area contributed by atoms with Gasteiger partial charge >= 0.3 is 17.7 Å². The molecule has 2 amide bonds. The number of aromatic nitrogens is 2. The Morgan fingerprint density at radius 2 is 1.31 bits per heavy atom. The van der Waals surface area contributed by atoms with Crippen LogP contribution in [0.4, 0.5) is 10.5 Å². The van der Waals surface area contributed by atoms with Crippen molar-refractivity contribution in [3.8, 4) is 11.5 Å². The maximum Gasteiger partial charge on any atom is 0.339 e. The van der Waals surface area contributed by atoms with Crippen molar-refractivity contribution in [2.45, 2.75) is 58.9 Å². The molecule has 0 aliphatic carbocycles. The van der Waals surface area contributed by atoms with E-state index in [0.717, 1.165) is 35.5 Å². The highest BCUT2D eigenvalue weighted by Crippen LogP contribution is 2.29. The standard InChI is InChI=1S/C21H26N2O4.C20H22N2O3/c1-4-15(2)16-9-6-8-12-19(16)27-14-13-22-21(25)23-18-11-7-5-10-17(18)20(24)26-3;1-3-14(2)15-8-5-7-11-18(15)25-13-12-22-19(23)16-9-4-6-10-17(16)21-20(22)24/h5-12,15H,4,13-14H2,1-3H3,(H2,22,23,25);4-11,14H,3,12-13H2,1-2H3,(H,21,24). The molecule has 11 heteroatoms. The van der Waals surface area contributed by atoms with Crippen molar-refractivity contribution in [3.63, 3.8) is 0 Å². The molecule has 11 nitrogen and oxygen atoms in total. The molecule has 5 aromatic rings. The maximum absolute atomic E-state index is 12.5.